The Balaban J connectivity index is 1.49. The van der Waals surface area contributed by atoms with Gasteiger partial charge in [0.25, 0.3) is 0 Å². The number of hydrogen-bond acceptors (Lipinski definition) is 6. The van der Waals surface area contributed by atoms with Crippen molar-refractivity contribution in [2.24, 2.45) is 0 Å². The van der Waals surface area contributed by atoms with Gasteiger partial charge < -0.3 is 23.7 Å². The second kappa shape index (κ2) is 9.09. The number of alkyl halides is 2. The molecule has 0 bridgehead atoms. The molecule has 33 heavy (non-hydrogen) atoms. The van der Waals surface area contributed by atoms with E-state index in [-0.39, 0.29) is 17.9 Å². The number of benzene rings is 2. The molecule has 0 spiro atoms. The summed E-state index contributed by atoms with van der Waals surface area (Å²) in [5.74, 6) is 0.597. The number of nitrogens with zero attached hydrogens (tertiary/aromatic N) is 1. The molecule has 0 atom stereocenters. The zero-order valence-corrected chi connectivity index (χ0v) is 18.2. The van der Waals surface area contributed by atoms with Crippen LogP contribution in [0.5, 0.6) is 17.2 Å². The fourth-order valence-electron chi connectivity index (χ4n) is 3.55. The van der Waals surface area contributed by atoms with Gasteiger partial charge in [-0.05, 0) is 48.7 Å². The van der Waals surface area contributed by atoms with Crippen LogP contribution in [0.25, 0.3) is 11.5 Å². The van der Waals surface area contributed by atoms with Gasteiger partial charge in [-0.1, -0.05) is 19.1 Å². The Bertz CT molecular complexity index is 1170. The van der Waals surface area contributed by atoms with E-state index in [1.807, 2.05) is 19.9 Å². The van der Waals surface area contributed by atoms with E-state index in [4.69, 9.17) is 14.3 Å². The summed E-state index contributed by atoms with van der Waals surface area (Å²) in [5, 5.41) is 8.99. The number of ether oxygens (including phenoxy) is 3. The average molecular weight is 459 g/mol. The molecule has 3 aromatic rings. The minimum Gasteiger partial charge on any atom is -0.493 e. The summed E-state index contributed by atoms with van der Waals surface area (Å²) >= 11 is 0. The van der Waals surface area contributed by atoms with E-state index in [1.165, 1.54) is 12.1 Å². The molecule has 4 rings (SSSR count). The Morgan fingerprint density at radius 1 is 1.12 bits per heavy atom. The van der Waals surface area contributed by atoms with Gasteiger partial charge in [-0.25, -0.2) is 4.98 Å². The Morgan fingerprint density at radius 3 is 2.67 bits per heavy atom. The van der Waals surface area contributed by atoms with Crippen molar-refractivity contribution in [1.29, 1.82) is 0 Å². The van der Waals surface area contributed by atoms with Crippen LogP contribution in [0.3, 0.4) is 0 Å². The van der Waals surface area contributed by atoms with Gasteiger partial charge in [0.15, 0.2) is 11.5 Å². The molecular weight excluding hydrogens is 436 g/mol. The van der Waals surface area contributed by atoms with E-state index in [1.54, 1.807) is 18.2 Å². The van der Waals surface area contributed by atoms with Crippen LogP contribution < -0.4 is 14.2 Å². The van der Waals surface area contributed by atoms with Gasteiger partial charge in [0.05, 0.1) is 18.7 Å². The van der Waals surface area contributed by atoms with Gasteiger partial charge in [0, 0.05) is 18.4 Å². The van der Waals surface area contributed by atoms with Crippen LogP contribution in [0.15, 0.2) is 40.8 Å². The van der Waals surface area contributed by atoms with E-state index >= 15 is 0 Å². The third kappa shape index (κ3) is 5.24. The highest BCUT2D eigenvalue weighted by Crippen LogP contribution is 2.43. The average Bonchev–Trinajstić information content (AvgIpc) is 3.28. The number of carbonyl (C=O) groups is 1. The first-order chi connectivity index (χ1) is 15.7. The van der Waals surface area contributed by atoms with Crippen molar-refractivity contribution in [3.05, 3.63) is 59.0 Å². The SMILES string of the molecule is CCCc1oc(-c2ccc3c(c2)OC(F)(F)O3)nc1CCOc1cc(CC(=O)O)ccc1C. The molecule has 2 aromatic carbocycles. The van der Waals surface area contributed by atoms with Crippen LogP contribution in [-0.2, 0) is 24.1 Å². The van der Waals surface area contributed by atoms with Gasteiger partial charge in [0.1, 0.15) is 11.5 Å². The van der Waals surface area contributed by atoms with Crippen molar-refractivity contribution in [2.75, 3.05) is 6.61 Å². The molecule has 7 nitrogen and oxygen atoms in total. The molecule has 174 valence electrons. The normalized spacial score (nSPS) is 13.8. The fourth-order valence-corrected chi connectivity index (χ4v) is 3.55. The molecule has 0 saturated heterocycles. The number of carboxylic acids is 1. The smallest absolute Gasteiger partial charge is 0.493 e. The van der Waals surface area contributed by atoms with Crippen molar-refractivity contribution in [3.8, 4) is 28.7 Å². The Morgan fingerprint density at radius 2 is 1.91 bits per heavy atom. The number of carboxylic acid groups (broad SMARTS) is 1. The Hall–Kier alpha value is -3.62. The van der Waals surface area contributed by atoms with Crippen LogP contribution in [0.4, 0.5) is 8.78 Å². The molecule has 9 heteroatoms. The van der Waals surface area contributed by atoms with Crippen molar-refractivity contribution >= 4 is 5.97 Å². The first-order valence-electron chi connectivity index (χ1n) is 10.6. The standard InChI is InChI=1S/C24H23F2NO6/c1-3-4-18-17(9-10-30-20-11-15(12-22(28)29)6-5-14(20)2)27-23(31-18)16-7-8-19-21(13-16)33-24(25,26)32-19/h5-8,11,13H,3-4,9-10,12H2,1-2H3,(H,28,29). The molecule has 0 saturated carbocycles. The highest BCUT2D eigenvalue weighted by Gasteiger charge is 2.43. The molecule has 0 amide bonds. The summed E-state index contributed by atoms with van der Waals surface area (Å²) in [6.45, 7) is 4.22. The molecule has 0 radical (unpaired) electrons. The molecule has 0 unspecified atom stereocenters. The largest absolute Gasteiger partial charge is 0.586 e. The molecular formula is C24H23F2NO6. The molecule has 2 heterocycles. The quantitative estimate of drug-likeness (QED) is 0.472. The molecule has 1 aliphatic rings. The van der Waals surface area contributed by atoms with Crippen molar-refractivity contribution in [3.63, 3.8) is 0 Å². The zero-order chi connectivity index (χ0) is 23.6. The summed E-state index contributed by atoms with van der Waals surface area (Å²) in [5.41, 5.74) is 2.77. The van der Waals surface area contributed by atoms with Crippen LogP contribution in [0.1, 0.15) is 35.9 Å². The van der Waals surface area contributed by atoms with E-state index < -0.39 is 12.3 Å². The number of halogens is 2. The van der Waals surface area contributed by atoms with Crippen molar-refractivity contribution < 1.29 is 37.3 Å². The van der Waals surface area contributed by atoms with Gasteiger partial charge in [0.2, 0.25) is 5.89 Å². The third-order valence-corrected chi connectivity index (χ3v) is 5.11. The summed E-state index contributed by atoms with van der Waals surface area (Å²) in [6, 6.07) is 9.71. The van der Waals surface area contributed by atoms with E-state index in [2.05, 4.69) is 14.5 Å². The summed E-state index contributed by atoms with van der Waals surface area (Å²) in [4.78, 5) is 15.5. The van der Waals surface area contributed by atoms with Gasteiger partial charge in [-0.2, -0.15) is 0 Å². The maximum atomic E-state index is 13.3. The summed E-state index contributed by atoms with van der Waals surface area (Å²) in [6.07, 6.45) is -1.80. The number of hydrogen-bond donors (Lipinski definition) is 1. The molecule has 1 aromatic heterocycles. The predicted molar refractivity (Wildman–Crippen MR) is 114 cm³/mol. The minimum atomic E-state index is -3.69. The maximum Gasteiger partial charge on any atom is 0.586 e. The second-order valence-corrected chi connectivity index (χ2v) is 7.74. The molecule has 0 aliphatic carbocycles. The van der Waals surface area contributed by atoms with Crippen molar-refractivity contribution in [1.82, 2.24) is 4.98 Å². The van der Waals surface area contributed by atoms with Gasteiger partial charge in [-0.15, -0.1) is 8.78 Å². The summed E-state index contributed by atoms with van der Waals surface area (Å²) in [7, 11) is 0. The zero-order valence-electron chi connectivity index (χ0n) is 18.2. The lowest BCUT2D eigenvalue weighted by atomic mass is 10.1. The third-order valence-electron chi connectivity index (χ3n) is 5.11. The first-order valence-corrected chi connectivity index (χ1v) is 10.6. The lowest BCUT2D eigenvalue weighted by Gasteiger charge is -2.10. The molecule has 1 N–H and O–H groups in total. The van der Waals surface area contributed by atoms with Gasteiger partial charge in [-0.3, -0.25) is 4.79 Å². The number of fused-ring (bicyclic) bond motifs is 1. The van der Waals surface area contributed by atoms with Crippen LogP contribution in [0.2, 0.25) is 0 Å². The highest BCUT2D eigenvalue weighted by molar-refractivity contribution is 5.70. The van der Waals surface area contributed by atoms with E-state index in [0.717, 1.165) is 12.0 Å². The fraction of sp³-hybridized carbons (Fsp3) is 0.333. The summed E-state index contributed by atoms with van der Waals surface area (Å²) < 4.78 is 47.4. The highest BCUT2D eigenvalue weighted by atomic mass is 19.3. The van der Waals surface area contributed by atoms with Crippen molar-refractivity contribution in [2.45, 2.75) is 45.8 Å². The van der Waals surface area contributed by atoms with E-state index in [9.17, 15) is 13.6 Å². The lowest BCUT2D eigenvalue weighted by molar-refractivity contribution is -0.286. The Labute approximate surface area is 188 Å². The predicted octanol–water partition coefficient (Wildman–Crippen LogP) is 5.17. The maximum absolute atomic E-state index is 13.3. The second-order valence-electron chi connectivity index (χ2n) is 7.74. The van der Waals surface area contributed by atoms with Crippen LogP contribution in [0, 0.1) is 6.92 Å². The van der Waals surface area contributed by atoms with Gasteiger partial charge >= 0.3 is 12.3 Å². The molecule has 1 aliphatic heterocycles. The first kappa shape index (κ1) is 22.6. The number of aryl methyl sites for hydroxylation is 2. The Kier molecular flexibility index (Phi) is 6.22. The number of oxazole rings is 1. The topological polar surface area (TPSA) is 91.0 Å². The monoisotopic (exact) mass is 459 g/mol. The molecule has 0 fully saturated rings. The van der Waals surface area contributed by atoms with Crippen LogP contribution in [-0.4, -0.2) is 29.0 Å². The van der Waals surface area contributed by atoms with E-state index in [0.29, 0.717) is 53.7 Å². The van der Waals surface area contributed by atoms with Crippen LogP contribution >= 0.6 is 0 Å². The number of rotatable bonds is 9. The number of aliphatic carboxylic acids is 1. The minimum absolute atomic E-state index is 0.0433. The number of aromatic nitrogens is 1. The lowest BCUT2D eigenvalue weighted by Crippen LogP contribution is -2.25.